The first-order valence-corrected chi connectivity index (χ1v) is 10.9. The molecule has 0 aromatic carbocycles. The molecule has 166 valence electrons. The summed E-state index contributed by atoms with van der Waals surface area (Å²) in [6.07, 6.45) is 1.58. The number of nitrogens with one attached hydrogen (secondary N) is 2. The highest BCUT2D eigenvalue weighted by molar-refractivity contribution is 6.02. The van der Waals surface area contributed by atoms with Gasteiger partial charge in [0, 0.05) is 36.9 Å². The molecule has 2 aliphatic heterocycles. The third kappa shape index (κ3) is 3.67. The Morgan fingerprint density at radius 3 is 2.68 bits per heavy atom. The number of likely N-dealkylation sites (N-methyl/N-ethyl adjacent to an activating group) is 1. The summed E-state index contributed by atoms with van der Waals surface area (Å²) in [5.74, 6) is 0.127. The zero-order valence-corrected chi connectivity index (χ0v) is 18.8. The molecule has 0 bridgehead atoms. The minimum absolute atomic E-state index is 0.0201. The van der Waals surface area contributed by atoms with Crippen LogP contribution in [0.15, 0.2) is 24.4 Å². The van der Waals surface area contributed by atoms with Crippen LogP contribution in [0.2, 0.25) is 0 Å². The van der Waals surface area contributed by atoms with Crippen molar-refractivity contribution in [2.75, 3.05) is 25.0 Å². The molecule has 4 rings (SSSR count). The van der Waals surface area contributed by atoms with Crippen molar-refractivity contribution in [2.24, 2.45) is 0 Å². The molecule has 2 aliphatic rings. The predicted molar refractivity (Wildman–Crippen MR) is 118 cm³/mol. The van der Waals surface area contributed by atoms with E-state index in [1.165, 1.54) is 0 Å². The normalized spacial score (nSPS) is 23.0. The lowest BCUT2D eigenvalue weighted by atomic mass is 10.0. The average molecular weight is 426 g/mol. The molecule has 0 aliphatic carbocycles. The maximum Gasteiger partial charge on any atom is 0.321 e. The summed E-state index contributed by atoms with van der Waals surface area (Å²) in [7, 11) is 0. The highest BCUT2D eigenvalue weighted by atomic mass is 16.2. The third-order valence-electron chi connectivity index (χ3n) is 6.60. The van der Waals surface area contributed by atoms with Gasteiger partial charge in [0.15, 0.2) is 5.82 Å². The molecule has 31 heavy (non-hydrogen) atoms. The molecule has 0 radical (unpaired) electrons. The van der Waals surface area contributed by atoms with Crippen LogP contribution in [-0.4, -0.2) is 73.5 Å². The van der Waals surface area contributed by atoms with Gasteiger partial charge < -0.3 is 15.1 Å². The third-order valence-corrected chi connectivity index (χ3v) is 6.60. The second kappa shape index (κ2) is 7.96. The Morgan fingerprint density at radius 1 is 1.23 bits per heavy atom. The molecule has 2 N–H and O–H groups in total. The SMILES string of the molecule is CCN1C[C@H](C)N(C(=O)N2Cc3c(NC(=O)c4ccccn4)n[nH]c3C2(C)C)C[C@@H]1C. The van der Waals surface area contributed by atoms with Gasteiger partial charge in [0.25, 0.3) is 5.91 Å². The molecule has 4 heterocycles. The van der Waals surface area contributed by atoms with Crippen molar-refractivity contribution in [3.63, 3.8) is 0 Å². The van der Waals surface area contributed by atoms with Gasteiger partial charge in [0.05, 0.1) is 17.8 Å². The number of aromatic amines is 1. The molecule has 3 amide bonds. The van der Waals surface area contributed by atoms with E-state index in [2.05, 4.69) is 46.2 Å². The zero-order chi connectivity index (χ0) is 22.3. The number of nitrogens with zero attached hydrogens (tertiary/aromatic N) is 5. The lowest BCUT2D eigenvalue weighted by molar-refractivity contribution is 0.0373. The molecular formula is C22H31N7O2. The Labute approximate surface area is 182 Å². The van der Waals surface area contributed by atoms with E-state index in [9.17, 15) is 9.59 Å². The van der Waals surface area contributed by atoms with Crippen molar-refractivity contribution in [2.45, 2.75) is 58.8 Å². The first-order chi connectivity index (χ1) is 14.7. The summed E-state index contributed by atoms with van der Waals surface area (Å²) in [4.78, 5) is 36.5. The molecule has 1 fully saturated rings. The predicted octanol–water partition coefficient (Wildman–Crippen LogP) is 2.64. The summed E-state index contributed by atoms with van der Waals surface area (Å²) in [6.45, 7) is 13.4. The van der Waals surface area contributed by atoms with Gasteiger partial charge >= 0.3 is 6.03 Å². The number of urea groups is 1. The van der Waals surface area contributed by atoms with Gasteiger partial charge in [-0.3, -0.25) is 19.8 Å². The number of anilines is 1. The molecule has 1 saturated heterocycles. The monoisotopic (exact) mass is 425 g/mol. The van der Waals surface area contributed by atoms with Gasteiger partial charge in [-0.1, -0.05) is 13.0 Å². The number of piperazine rings is 1. The molecule has 9 nitrogen and oxygen atoms in total. The summed E-state index contributed by atoms with van der Waals surface area (Å²) in [5, 5.41) is 10.2. The second-order valence-electron chi connectivity index (χ2n) is 8.96. The number of fused-ring (bicyclic) bond motifs is 1. The Bertz CT molecular complexity index is 971. The van der Waals surface area contributed by atoms with Crippen molar-refractivity contribution < 1.29 is 9.59 Å². The first-order valence-electron chi connectivity index (χ1n) is 10.9. The number of rotatable bonds is 3. The number of H-pyrrole nitrogens is 1. The van der Waals surface area contributed by atoms with E-state index in [0.717, 1.165) is 24.3 Å². The smallest absolute Gasteiger partial charge is 0.319 e. The maximum atomic E-state index is 13.6. The zero-order valence-electron chi connectivity index (χ0n) is 18.8. The lowest BCUT2D eigenvalue weighted by Gasteiger charge is -2.46. The van der Waals surface area contributed by atoms with Crippen LogP contribution < -0.4 is 5.32 Å². The fourth-order valence-corrected chi connectivity index (χ4v) is 4.66. The number of amides is 3. The van der Waals surface area contributed by atoms with E-state index in [1.807, 2.05) is 23.6 Å². The average Bonchev–Trinajstić information content (AvgIpc) is 3.27. The fourth-order valence-electron chi connectivity index (χ4n) is 4.66. The van der Waals surface area contributed by atoms with Crippen LogP contribution in [0.4, 0.5) is 10.6 Å². The van der Waals surface area contributed by atoms with Crippen LogP contribution >= 0.6 is 0 Å². The van der Waals surface area contributed by atoms with E-state index in [0.29, 0.717) is 30.6 Å². The minimum Gasteiger partial charge on any atom is -0.319 e. The number of hydrogen-bond acceptors (Lipinski definition) is 5. The van der Waals surface area contributed by atoms with Gasteiger partial charge in [-0.25, -0.2) is 4.79 Å². The highest BCUT2D eigenvalue weighted by Gasteiger charge is 2.46. The van der Waals surface area contributed by atoms with Gasteiger partial charge in [-0.05, 0) is 46.4 Å². The Kier molecular flexibility index (Phi) is 5.47. The summed E-state index contributed by atoms with van der Waals surface area (Å²) < 4.78 is 0. The number of carbonyl (C=O) groups is 2. The van der Waals surface area contributed by atoms with E-state index in [1.54, 1.807) is 24.4 Å². The largest absolute Gasteiger partial charge is 0.321 e. The van der Waals surface area contributed by atoms with E-state index in [4.69, 9.17) is 0 Å². The van der Waals surface area contributed by atoms with Crippen LogP contribution in [0.3, 0.4) is 0 Å². The van der Waals surface area contributed by atoms with Crippen molar-refractivity contribution >= 4 is 17.8 Å². The molecule has 0 unspecified atom stereocenters. The molecular weight excluding hydrogens is 394 g/mol. The molecule has 2 aromatic heterocycles. The Hall–Kier alpha value is -2.94. The van der Waals surface area contributed by atoms with Gasteiger partial charge in [-0.2, -0.15) is 5.10 Å². The molecule has 2 atom stereocenters. The van der Waals surface area contributed by atoms with Gasteiger partial charge in [0.1, 0.15) is 5.69 Å². The van der Waals surface area contributed by atoms with E-state index >= 15 is 0 Å². The van der Waals surface area contributed by atoms with Crippen molar-refractivity contribution in [1.29, 1.82) is 0 Å². The van der Waals surface area contributed by atoms with Crippen LogP contribution in [0.5, 0.6) is 0 Å². The fraction of sp³-hybridized carbons (Fsp3) is 0.545. The lowest BCUT2D eigenvalue weighted by Crippen LogP contribution is -2.61. The standard InChI is InChI=1S/C22H31N7O2/c1-6-27-11-15(3)28(12-14(27)2)21(31)29-13-16-18(22(29,4)5)25-26-19(16)24-20(30)17-9-7-8-10-23-17/h7-10,14-15H,6,11-13H2,1-5H3,(H2,24,25,26,30)/t14-,15-/m0/s1. The van der Waals surface area contributed by atoms with Gasteiger partial charge in [-0.15, -0.1) is 0 Å². The molecule has 2 aromatic rings. The number of aromatic nitrogens is 3. The van der Waals surface area contributed by atoms with Crippen LogP contribution in [-0.2, 0) is 12.1 Å². The van der Waals surface area contributed by atoms with Crippen LogP contribution in [0.1, 0.15) is 56.4 Å². The summed E-state index contributed by atoms with van der Waals surface area (Å²) in [5.41, 5.74) is 1.46. The summed E-state index contributed by atoms with van der Waals surface area (Å²) >= 11 is 0. The van der Waals surface area contributed by atoms with Gasteiger partial charge in [0.2, 0.25) is 0 Å². The number of pyridine rings is 1. The van der Waals surface area contributed by atoms with Crippen LogP contribution in [0.25, 0.3) is 0 Å². The first kappa shape index (κ1) is 21.3. The number of carbonyl (C=O) groups excluding carboxylic acids is 2. The summed E-state index contributed by atoms with van der Waals surface area (Å²) in [6, 6.07) is 5.66. The maximum absolute atomic E-state index is 13.6. The topological polar surface area (TPSA) is 97.5 Å². The molecule has 0 spiro atoms. The van der Waals surface area contributed by atoms with Crippen molar-refractivity contribution in [3.05, 3.63) is 41.3 Å². The Morgan fingerprint density at radius 2 is 2.00 bits per heavy atom. The van der Waals surface area contributed by atoms with Crippen molar-refractivity contribution in [3.8, 4) is 0 Å². The number of hydrogen-bond donors (Lipinski definition) is 2. The van der Waals surface area contributed by atoms with Crippen molar-refractivity contribution in [1.82, 2.24) is 29.9 Å². The van der Waals surface area contributed by atoms with E-state index < -0.39 is 5.54 Å². The molecule has 9 heteroatoms. The minimum atomic E-state index is -0.557. The highest BCUT2D eigenvalue weighted by Crippen LogP contribution is 2.41. The Balaban J connectivity index is 1.53. The molecule has 0 saturated carbocycles. The second-order valence-corrected chi connectivity index (χ2v) is 8.96. The van der Waals surface area contributed by atoms with E-state index in [-0.39, 0.29) is 18.0 Å². The van der Waals surface area contributed by atoms with Crippen LogP contribution in [0, 0.1) is 0 Å². The quantitative estimate of drug-likeness (QED) is 0.788.